The van der Waals surface area contributed by atoms with Gasteiger partial charge in [0.05, 0.1) is 15.7 Å². The van der Waals surface area contributed by atoms with Crippen LogP contribution < -0.4 is 5.32 Å². The molecule has 0 aliphatic heterocycles. The standard InChI is InChI=1S/C15H11N5S2/c1-9-7-17-14(22-9)12-4-5-16-15(20-12)19-10-2-3-11-13(6-10)21-8-18-11/h2-8H,1H3,(H,16,19,20). The smallest absolute Gasteiger partial charge is 0.227 e. The minimum atomic E-state index is 0.564. The van der Waals surface area contributed by atoms with Crippen molar-refractivity contribution in [2.24, 2.45) is 0 Å². The second kappa shape index (κ2) is 5.43. The number of benzene rings is 1. The molecule has 0 aliphatic carbocycles. The molecule has 0 radical (unpaired) electrons. The molecule has 0 aliphatic rings. The van der Waals surface area contributed by atoms with E-state index in [1.807, 2.05) is 36.8 Å². The summed E-state index contributed by atoms with van der Waals surface area (Å²) in [6.07, 6.45) is 3.60. The van der Waals surface area contributed by atoms with Gasteiger partial charge in [-0.3, -0.25) is 0 Å². The molecule has 0 saturated heterocycles. The van der Waals surface area contributed by atoms with E-state index in [1.54, 1.807) is 28.9 Å². The van der Waals surface area contributed by atoms with Crippen molar-refractivity contribution < 1.29 is 0 Å². The molecule has 0 fully saturated rings. The zero-order valence-corrected chi connectivity index (χ0v) is 13.3. The summed E-state index contributed by atoms with van der Waals surface area (Å²) in [6, 6.07) is 7.89. The van der Waals surface area contributed by atoms with Gasteiger partial charge in [-0.15, -0.1) is 22.7 Å². The topological polar surface area (TPSA) is 63.6 Å². The lowest BCUT2D eigenvalue weighted by atomic mass is 10.3. The summed E-state index contributed by atoms with van der Waals surface area (Å²) in [5.74, 6) is 0.564. The highest BCUT2D eigenvalue weighted by molar-refractivity contribution is 7.16. The molecule has 22 heavy (non-hydrogen) atoms. The summed E-state index contributed by atoms with van der Waals surface area (Å²) in [6.45, 7) is 2.03. The van der Waals surface area contributed by atoms with Crippen LogP contribution in [0.15, 0.2) is 42.2 Å². The van der Waals surface area contributed by atoms with Gasteiger partial charge in [0.25, 0.3) is 0 Å². The molecular weight excluding hydrogens is 314 g/mol. The van der Waals surface area contributed by atoms with Crippen LogP contribution in [0.2, 0.25) is 0 Å². The van der Waals surface area contributed by atoms with Crippen LogP contribution in [0.25, 0.3) is 20.9 Å². The number of anilines is 2. The average Bonchev–Trinajstić information content (AvgIpc) is 3.16. The Labute approximate surface area is 134 Å². The molecule has 0 spiro atoms. The molecule has 3 heterocycles. The number of hydrogen-bond donors (Lipinski definition) is 1. The minimum Gasteiger partial charge on any atom is -0.324 e. The molecule has 0 atom stereocenters. The number of thiazole rings is 2. The molecule has 0 unspecified atom stereocenters. The van der Waals surface area contributed by atoms with Gasteiger partial charge in [0.1, 0.15) is 10.7 Å². The number of nitrogens with zero attached hydrogens (tertiary/aromatic N) is 4. The minimum absolute atomic E-state index is 0.564. The Morgan fingerprint density at radius 1 is 1.09 bits per heavy atom. The molecule has 1 N–H and O–H groups in total. The Morgan fingerprint density at radius 3 is 2.91 bits per heavy atom. The maximum atomic E-state index is 4.53. The monoisotopic (exact) mass is 325 g/mol. The van der Waals surface area contributed by atoms with Gasteiger partial charge in [0.15, 0.2) is 0 Å². The SMILES string of the molecule is Cc1cnc(-c2ccnc(Nc3ccc4ncsc4c3)n2)s1. The summed E-state index contributed by atoms with van der Waals surface area (Å²) in [5.41, 5.74) is 4.62. The van der Waals surface area contributed by atoms with Gasteiger partial charge in [-0.05, 0) is 31.2 Å². The zero-order chi connectivity index (χ0) is 14.9. The molecule has 7 heteroatoms. The summed E-state index contributed by atoms with van der Waals surface area (Å²) >= 11 is 3.24. The highest BCUT2D eigenvalue weighted by Gasteiger charge is 2.07. The third-order valence-electron chi connectivity index (χ3n) is 3.08. The lowest BCUT2D eigenvalue weighted by Gasteiger charge is -2.05. The first-order valence-electron chi connectivity index (χ1n) is 6.64. The van der Waals surface area contributed by atoms with Gasteiger partial charge in [-0.1, -0.05) is 0 Å². The van der Waals surface area contributed by atoms with Crippen LogP contribution in [0.5, 0.6) is 0 Å². The number of aryl methyl sites for hydroxylation is 1. The molecule has 1 aromatic carbocycles. The van der Waals surface area contributed by atoms with Crippen molar-refractivity contribution in [3.8, 4) is 10.7 Å². The van der Waals surface area contributed by atoms with Crippen molar-refractivity contribution in [2.75, 3.05) is 5.32 Å². The van der Waals surface area contributed by atoms with E-state index in [4.69, 9.17) is 0 Å². The number of fused-ring (bicyclic) bond motifs is 1. The van der Waals surface area contributed by atoms with E-state index < -0.39 is 0 Å². The fraction of sp³-hybridized carbons (Fsp3) is 0.0667. The second-order valence-electron chi connectivity index (χ2n) is 4.70. The summed E-state index contributed by atoms with van der Waals surface area (Å²) < 4.78 is 1.14. The molecule has 0 amide bonds. The molecular formula is C15H11N5S2. The Bertz CT molecular complexity index is 944. The fourth-order valence-electron chi connectivity index (χ4n) is 2.07. The van der Waals surface area contributed by atoms with Gasteiger partial charge in [-0.25, -0.2) is 19.9 Å². The highest BCUT2D eigenvalue weighted by Crippen LogP contribution is 2.26. The van der Waals surface area contributed by atoms with Gasteiger partial charge in [-0.2, -0.15) is 0 Å². The van der Waals surface area contributed by atoms with Crippen molar-refractivity contribution in [2.45, 2.75) is 6.92 Å². The first kappa shape index (κ1) is 13.3. The van der Waals surface area contributed by atoms with Crippen molar-refractivity contribution in [1.82, 2.24) is 19.9 Å². The maximum absolute atomic E-state index is 4.53. The maximum Gasteiger partial charge on any atom is 0.227 e. The van der Waals surface area contributed by atoms with Crippen LogP contribution in [0.1, 0.15) is 4.88 Å². The number of aromatic nitrogens is 4. The van der Waals surface area contributed by atoms with E-state index in [9.17, 15) is 0 Å². The molecule has 108 valence electrons. The molecule has 3 aromatic heterocycles. The van der Waals surface area contributed by atoms with Crippen LogP contribution in [0.4, 0.5) is 11.6 Å². The second-order valence-corrected chi connectivity index (χ2v) is 6.82. The number of hydrogen-bond acceptors (Lipinski definition) is 7. The predicted molar refractivity (Wildman–Crippen MR) is 90.8 cm³/mol. The molecule has 0 saturated carbocycles. The van der Waals surface area contributed by atoms with Crippen LogP contribution >= 0.6 is 22.7 Å². The van der Waals surface area contributed by atoms with Crippen molar-refractivity contribution in [3.63, 3.8) is 0 Å². The molecule has 4 aromatic rings. The Hall–Kier alpha value is -2.38. The van der Waals surface area contributed by atoms with Crippen LogP contribution in [0.3, 0.4) is 0 Å². The summed E-state index contributed by atoms with van der Waals surface area (Å²) in [7, 11) is 0. The Balaban J connectivity index is 1.65. The fourth-order valence-corrected chi connectivity index (χ4v) is 3.52. The van der Waals surface area contributed by atoms with E-state index in [0.717, 1.165) is 26.6 Å². The quantitative estimate of drug-likeness (QED) is 0.609. The molecule has 0 bridgehead atoms. The first-order valence-corrected chi connectivity index (χ1v) is 8.34. The predicted octanol–water partition coefficient (Wildman–Crippen LogP) is 4.26. The van der Waals surface area contributed by atoms with Crippen molar-refractivity contribution in [1.29, 1.82) is 0 Å². The Kier molecular flexibility index (Phi) is 3.28. The van der Waals surface area contributed by atoms with Crippen molar-refractivity contribution in [3.05, 3.63) is 47.0 Å². The van der Waals surface area contributed by atoms with Gasteiger partial charge in [0, 0.05) is 23.0 Å². The Morgan fingerprint density at radius 2 is 2.05 bits per heavy atom. The third kappa shape index (κ3) is 2.56. The van der Waals surface area contributed by atoms with Gasteiger partial charge in [0.2, 0.25) is 5.95 Å². The third-order valence-corrected chi connectivity index (χ3v) is 4.81. The first-order chi connectivity index (χ1) is 10.8. The number of nitrogens with one attached hydrogen (secondary N) is 1. The molecule has 5 nitrogen and oxygen atoms in total. The van der Waals surface area contributed by atoms with E-state index >= 15 is 0 Å². The molecule has 4 rings (SSSR count). The number of rotatable bonds is 3. The normalized spacial score (nSPS) is 11.0. The lowest BCUT2D eigenvalue weighted by molar-refractivity contribution is 1.16. The lowest BCUT2D eigenvalue weighted by Crippen LogP contribution is -1.97. The van der Waals surface area contributed by atoms with E-state index in [0.29, 0.717) is 5.95 Å². The van der Waals surface area contributed by atoms with Crippen LogP contribution in [-0.2, 0) is 0 Å². The van der Waals surface area contributed by atoms with Crippen LogP contribution in [-0.4, -0.2) is 19.9 Å². The van der Waals surface area contributed by atoms with E-state index in [1.165, 1.54) is 4.88 Å². The average molecular weight is 325 g/mol. The van der Waals surface area contributed by atoms with E-state index in [2.05, 4.69) is 31.3 Å². The largest absolute Gasteiger partial charge is 0.324 e. The highest BCUT2D eigenvalue weighted by atomic mass is 32.1. The summed E-state index contributed by atoms with van der Waals surface area (Å²) in [4.78, 5) is 18.6. The van der Waals surface area contributed by atoms with E-state index in [-0.39, 0.29) is 0 Å². The van der Waals surface area contributed by atoms with Gasteiger partial charge < -0.3 is 5.32 Å². The van der Waals surface area contributed by atoms with Crippen molar-refractivity contribution >= 4 is 44.5 Å². The summed E-state index contributed by atoms with van der Waals surface area (Å²) in [5, 5.41) is 4.14. The van der Waals surface area contributed by atoms with Gasteiger partial charge >= 0.3 is 0 Å². The van der Waals surface area contributed by atoms with Crippen LogP contribution in [0, 0.1) is 6.92 Å². The zero-order valence-electron chi connectivity index (χ0n) is 11.6.